The van der Waals surface area contributed by atoms with Gasteiger partial charge in [0.05, 0.1) is 12.8 Å². The van der Waals surface area contributed by atoms with E-state index < -0.39 is 0 Å². The molecule has 6 nitrogen and oxygen atoms in total. The third-order valence-electron chi connectivity index (χ3n) is 6.42. The van der Waals surface area contributed by atoms with Crippen LogP contribution >= 0.6 is 0 Å². The first-order chi connectivity index (χ1) is 15.1. The molecule has 4 rings (SSSR count). The van der Waals surface area contributed by atoms with Crippen molar-refractivity contribution >= 4 is 17.3 Å². The number of nitrogens with zero attached hydrogens (tertiary/aromatic N) is 3. The second-order valence-electron chi connectivity index (χ2n) is 8.60. The van der Waals surface area contributed by atoms with E-state index in [2.05, 4.69) is 44.3 Å². The molecular weight excluding hydrogens is 388 g/mol. The minimum absolute atomic E-state index is 0.0302. The highest BCUT2D eigenvalue weighted by Gasteiger charge is 2.28. The number of carbonyl (C=O) groups is 1. The van der Waals surface area contributed by atoms with Gasteiger partial charge in [-0.2, -0.15) is 0 Å². The van der Waals surface area contributed by atoms with Gasteiger partial charge in [-0.3, -0.25) is 14.6 Å². The Morgan fingerprint density at radius 3 is 2.48 bits per heavy atom. The molecule has 31 heavy (non-hydrogen) atoms. The highest BCUT2D eigenvalue weighted by atomic mass is 16.5. The minimum atomic E-state index is -0.0302. The van der Waals surface area contributed by atoms with Crippen LogP contribution in [0.1, 0.15) is 25.3 Å². The van der Waals surface area contributed by atoms with Gasteiger partial charge in [0.2, 0.25) is 5.91 Å². The molecule has 1 N–H and O–H groups in total. The fourth-order valence-corrected chi connectivity index (χ4v) is 4.85. The maximum atomic E-state index is 11.2. The molecule has 0 spiro atoms. The summed E-state index contributed by atoms with van der Waals surface area (Å²) in [6, 6.07) is 17.2. The van der Waals surface area contributed by atoms with Crippen molar-refractivity contribution in [2.24, 2.45) is 0 Å². The average Bonchev–Trinajstić information content (AvgIpc) is 2.80. The first kappa shape index (κ1) is 21.7. The molecule has 0 radical (unpaired) electrons. The number of piperidine rings is 1. The number of methoxy groups -OCH3 is 1. The first-order valence-electron chi connectivity index (χ1n) is 11.3. The number of para-hydroxylation sites is 2. The fraction of sp³-hybridized carbons (Fsp3) is 0.480. The Labute approximate surface area is 185 Å². The Morgan fingerprint density at radius 1 is 1.03 bits per heavy atom. The molecular formula is C25H34N4O2. The van der Waals surface area contributed by atoms with Crippen LogP contribution < -0.4 is 15.0 Å². The topological polar surface area (TPSA) is 48.1 Å². The highest BCUT2D eigenvalue weighted by Crippen LogP contribution is 2.29. The third-order valence-corrected chi connectivity index (χ3v) is 6.42. The van der Waals surface area contributed by atoms with Gasteiger partial charge in [0.15, 0.2) is 0 Å². The van der Waals surface area contributed by atoms with Crippen LogP contribution in [0.4, 0.5) is 11.4 Å². The van der Waals surface area contributed by atoms with Crippen molar-refractivity contribution in [2.75, 3.05) is 56.6 Å². The molecule has 166 valence electrons. The van der Waals surface area contributed by atoms with Crippen molar-refractivity contribution in [1.82, 2.24) is 9.80 Å². The number of nitrogens with one attached hydrogen (secondary N) is 1. The standard InChI is InChI=1S/C25H34N4O2/c1-20(30)26-22-11-9-21(10-12-22)18-27-13-5-6-23(19-27)28-14-16-29(17-15-28)24-7-3-4-8-25(24)31-2/h3-4,7-12,23H,5-6,13-19H2,1-2H3,(H,26,30). The number of hydrogen-bond acceptors (Lipinski definition) is 5. The molecule has 2 saturated heterocycles. The third kappa shape index (κ3) is 5.57. The van der Waals surface area contributed by atoms with Crippen LogP contribution in [0, 0.1) is 0 Å². The van der Waals surface area contributed by atoms with Gasteiger partial charge in [0.1, 0.15) is 5.75 Å². The smallest absolute Gasteiger partial charge is 0.221 e. The van der Waals surface area contributed by atoms with E-state index in [1.165, 1.54) is 31.0 Å². The molecule has 2 fully saturated rings. The largest absolute Gasteiger partial charge is 0.495 e. The summed E-state index contributed by atoms with van der Waals surface area (Å²) >= 11 is 0. The van der Waals surface area contributed by atoms with Gasteiger partial charge >= 0.3 is 0 Å². The number of likely N-dealkylation sites (tertiary alicyclic amines) is 1. The van der Waals surface area contributed by atoms with Gasteiger partial charge < -0.3 is 15.0 Å². The quantitative estimate of drug-likeness (QED) is 0.773. The van der Waals surface area contributed by atoms with Crippen LogP contribution in [-0.4, -0.2) is 68.1 Å². The second kappa shape index (κ2) is 10.2. The zero-order chi connectivity index (χ0) is 21.6. The van der Waals surface area contributed by atoms with Crippen molar-refractivity contribution in [3.63, 3.8) is 0 Å². The summed E-state index contributed by atoms with van der Waals surface area (Å²) in [6.07, 6.45) is 2.54. The lowest BCUT2D eigenvalue weighted by Gasteiger charge is -2.44. The molecule has 0 aliphatic carbocycles. The zero-order valence-electron chi connectivity index (χ0n) is 18.7. The Hall–Kier alpha value is -2.57. The van der Waals surface area contributed by atoms with Crippen LogP contribution in [0.5, 0.6) is 5.75 Å². The molecule has 2 heterocycles. The van der Waals surface area contributed by atoms with Crippen molar-refractivity contribution in [1.29, 1.82) is 0 Å². The van der Waals surface area contributed by atoms with Gasteiger partial charge in [-0.25, -0.2) is 0 Å². The SMILES string of the molecule is COc1ccccc1N1CCN(C2CCCN(Cc3ccc(NC(C)=O)cc3)C2)CC1. The van der Waals surface area contributed by atoms with Crippen LogP contribution in [0.25, 0.3) is 0 Å². The lowest BCUT2D eigenvalue weighted by Crippen LogP contribution is -2.55. The van der Waals surface area contributed by atoms with E-state index in [0.717, 1.165) is 57.3 Å². The van der Waals surface area contributed by atoms with Crippen molar-refractivity contribution in [2.45, 2.75) is 32.4 Å². The Balaban J connectivity index is 1.29. The summed E-state index contributed by atoms with van der Waals surface area (Å²) in [4.78, 5) is 18.9. The summed E-state index contributed by atoms with van der Waals surface area (Å²) in [7, 11) is 1.75. The van der Waals surface area contributed by atoms with E-state index in [1.54, 1.807) is 7.11 Å². The van der Waals surface area contributed by atoms with E-state index in [-0.39, 0.29) is 5.91 Å². The lowest BCUT2D eigenvalue weighted by molar-refractivity contribution is -0.114. The second-order valence-corrected chi connectivity index (χ2v) is 8.60. The predicted molar refractivity (Wildman–Crippen MR) is 126 cm³/mol. The number of amides is 1. The normalized spacial score (nSPS) is 20.5. The molecule has 6 heteroatoms. The van der Waals surface area contributed by atoms with Gasteiger partial charge in [0, 0.05) is 57.9 Å². The van der Waals surface area contributed by atoms with Crippen molar-refractivity contribution in [3.05, 3.63) is 54.1 Å². The van der Waals surface area contributed by atoms with E-state index >= 15 is 0 Å². The molecule has 0 aromatic heterocycles. The maximum absolute atomic E-state index is 11.2. The average molecular weight is 423 g/mol. The number of ether oxygens (including phenoxy) is 1. The molecule has 1 unspecified atom stereocenters. The number of hydrogen-bond donors (Lipinski definition) is 1. The van der Waals surface area contributed by atoms with E-state index in [1.807, 2.05) is 24.3 Å². The fourth-order valence-electron chi connectivity index (χ4n) is 4.85. The summed E-state index contributed by atoms with van der Waals surface area (Å²) in [5.74, 6) is 0.932. The molecule has 2 aliphatic heterocycles. The minimum Gasteiger partial charge on any atom is -0.495 e. The Bertz CT molecular complexity index is 862. The zero-order valence-corrected chi connectivity index (χ0v) is 18.7. The van der Waals surface area contributed by atoms with Gasteiger partial charge in [-0.15, -0.1) is 0 Å². The maximum Gasteiger partial charge on any atom is 0.221 e. The van der Waals surface area contributed by atoms with Crippen LogP contribution in [0.2, 0.25) is 0 Å². The predicted octanol–water partition coefficient (Wildman–Crippen LogP) is 3.44. The summed E-state index contributed by atoms with van der Waals surface area (Å²) in [5, 5.41) is 2.84. The van der Waals surface area contributed by atoms with Gasteiger partial charge in [-0.05, 0) is 49.2 Å². The van der Waals surface area contributed by atoms with Gasteiger partial charge in [-0.1, -0.05) is 24.3 Å². The number of carbonyl (C=O) groups excluding carboxylic acids is 1. The van der Waals surface area contributed by atoms with Gasteiger partial charge in [0.25, 0.3) is 0 Å². The molecule has 2 aromatic carbocycles. The van der Waals surface area contributed by atoms with Crippen LogP contribution in [-0.2, 0) is 11.3 Å². The summed E-state index contributed by atoms with van der Waals surface area (Å²) in [6.45, 7) is 9.08. The van der Waals surface area contributed by atoms with E-state index in [0.29, 0.717) is 6.04 Å². The summed E-state index contributed by atoms with van der Waals surface area (Å²) < 4.78 is 5.56. The molecule has 0 bridgehead atoms. The Morgan fingerprint density at radius 2 is 1.77 bits per heavy atom. The van der Waals surface area contributed by atoms with E-state index in [4.69, 9.17) is 4.74 Å². The van der Waals surface area contributed by atoms with Crippen molar-refractivity contribution < 1.29 is 9.53 Å². The molecule has 2 aliphatic rings. The van der Waals surface area contributed by atoms with Crippen molar-refractivity contribution in [3.8, 4) is 5.75 Å². The molecule has 1 amide bonds. The number of benzene rings is 2. The molecule has 0 saturated carbocycles. The number of piperazine rings is 1. The monoisotopic (exact) mass is 422 g/mol. The van der Waals surface area contributed by atoms with Crippen LogP contribution in [0.3, 0.4) is 0 Å². The molecule has 1 atom stereocenters. The Kier molecular flexibility index (Phi) is 7.10. The summed E-state index contributed by atoms with van der Waals surface area (Å²) in [5.41, 5.74) is 3.37. The van der Waals surface area contributed by atoms with Crippen LogP contribution in [0.15, 0.2) is 48.5 Å². The number of anilines is 2. The molecule has 2 aromatic rings. The highest BCUT2D eigenvalue weighted by molar-refractivity contribution is 5.88. The number of rotatable bonds is 6. The van der Waals surface area contributed by atoms with E-state index in [9.17, 15) is 4.79 Å². The first-order valence-corrected chi connectivity index (χ1v) is 11.3. The lowest BCUT2D eigenvalue weighted by atomic mass is 10.0.